The molecule has 226 valence electrons. The first-order valence-electron chi connectivity index (χ1n) is 14.3. The number of carbonyl (C=O) groups is 1. The molecule has 43 heavy (non-hydrogen) atoms. The predicted molar refractivity (Wildman–Crippen MR) is 157 cm³/mol. The van der Waals surface area contributed by atoms with Crippen LogP contribution in [0.15, 0.2) is 47.4 Å². The number of alkyl halides is 3. The number of anilines is 1. The molecule has 0 unspecified atom stereocenters. The lowest BCUT2D eigenvalue weighted by molar-refractivity contribution is -0.137. The van der Waals surface area contributed by atoms with E-state index in [1.165, 1.54) is 18.3 Å². The summed E-state index contributed by atoms with van der Waals surface area (Å²) in [5.74, 6) is 0.301. The number of morpholine rings is 1. The number of fused-ring (bicyclic) bond motifs is 2. The number of pyridine rings is 1. The van der Waals surface area contributed by atoms with Crippen LogP contribution in [0.3, 0.4) is 0 Å². The number of carbonyl (C=O) groups excluding carboxylic acids is 1. The van der Waals surface area contributed by atoms with E-state index in [-0.39, 0.29) is 23.1 Å². The van der Waals surface area contributed by atoms with Crippen molar-refractivity contribution in [3.05, 3.63) is 80.8 Å². The van der Waals surface area contributed by atoms with Crippen LogP contribution in [0.2, 0.25) is 0 Å². The summed E-state index contributed by atoms with van der Waals surface area (Å²) in [7, 11) is 0. The fraction of sp³-hybridized carbons (Fsp3) is 0.387. The summed E-state index contributed by atoms with van der Waals surface area (Å²) in [6, 6.07) is 8.83. The molecule has 2 aromatic carbocycles. The molecule has 1 fully saturated rings. The number of nitrogens with one attached hydrogen (secondary N) is 3. The molecule has 1 saturated heterocycles. The van der Waals surface area contributed by atoms with Crippen molar-refractivity contribution in [2.24, 2.45) is 0 Å². The van der Waals surface area contributed by atoms with Crippen LogP contribution in [0.25, 0.3) is 22.4 Å². The van der Waals surface area contributed by atoms with Gasteiger partial charge in [0.25, 0.3) is 11.5 Å². The Morgan fingerprint density at radius 2 is 1.88 bits per heavy atom. The van der Waals surface area contributed by atoms with Gasteiger partial charge in [-0.05, 0) is 67.3 Å². The molecule has 2 aliphatic heterocycles. The van der Waals surface area contributed by atoms with Gasteiger partial charge in [0.1, 0.15) is 11.4 Å². The molecule has 0 radical (unpaired) electrons. The first-order chi connectivity index (χ1) is 20.6. The highest BCUT2D eigenvalue weighted by Crippen LogP contribution is 2.32. The van der Waals surface area contributed by atoms with Gasteiger partial charge in [0.05, 0.1) is 35.5 Å². The Bertz CT molecular complexity index is 1720. The lowest BCUT2D eigenvalue weighted by Crippen LogP contribution is -2.41. The van der Waals surface area contributed by atoms with Crippen LogP contribution >= 0.6 is 0 Å². The summed E-state index contributed by atoms with van der Waals surface area (Å²) in [5, 5.41) is 3.29. The minimum atomic E-state index is -4.42. The van der Waals surface area contributed by atoms with E-state index in [4.69, 9.17) is 4.74 Å². The van der Waals surface area contributed by atoms with E-state index in [1.54, 1.807) is 19.1 Å². The highest BCUT2D eigenvalue weighted by Gasteiger charge is 2.31. The van der Waals surface area contributed by atoms with Crippen LogP contribution in [0.4, 0.5) is 18.9 Å². The maximum atomic E-state index is 13.3. The second-order valence-corrected chi connectivity index (χ2v) is 11.3. The molecule has 2 aromatic heterocycles. The number of aromatic nitrogens is 3. The van der Waals surface area contributed by atoms with Crippen molar-refractivity contribution in [3.63, 3.8) is 0 Å². The van der Waals surface area contributed by atoms with Crippen LogP contribution in [0, 0.1) is 6.92 Å². The molecule has 9 nitrogen and oxygen atoms in total. The fourth-order valence-corrected chi connectivity index (χ4v) is 5.81. The number of nitrogens with zero attached hydrogens (tertiary/aromatic N) is 3. The van der Waals surface area contributed by atoms with E-state index in [0.717, 1.165) is 36.8 Å². The van der Waals surface area contributed by atoms with Gasteiger partial charge in [0.15, 0.2) is 0 Å². The monoisotopic (exact) mass is 594 g/mol. The van der Waals surface area contributed by atoms with Gasteiger partial charge in [0.2, 0.25) is 0 Å². The van der Waals surface area contributed by atoms with Crippen LogP contribution in [-0.4, -0.2) is 76.1 Å². The van der Waals surface area contributed by atoms with E-state index >= 15 is 0 Å². The van der Waals surface area contributed by atoms with Crippen LogP contribution < -0.4 is 10.9 Å². The summed E-state index contributed by atoms with van der Waals surface area (Å²) < 4.78 is 45.3. The van der Waals surface area contributed by atoms with Gasteiger partial charge in [-0.25, -0.2) is 4.98 Å². The van der Waals surface area contributed by atoms with Gasteiger partial charge < -0.3 is 24.9 Å². The Labute approximate surface area is 246 Å². The quantitative estimate of drug-likeness (QED) is 0.276. The van der Waals surface area contributed by atoms with Crippen molar-refractivity contribution in [1.29, 1.82) is 0 Å². The number of aryl methyl sites for hydroxylation is 1. The third kappa shape index (κ3) is 6.02. The summed E-state index contributed by atoms with van der Waals surface area (Å²) in [4.78, 5) is 40.9. The van der Waals surface area contributed by atoms with Crippen molar-refractivity contribution in [2.45, 2.75) is 39.0 Å². The molecular formula is C31H33F3N6O3. The fourth-order valence-electron chi connectivity index (χ4n) is 5.81. The molecule has 12 heteroatoms. The molecule has 6 rings (SSSR count). The Kier molecular flexibility index (Phi) is 7.74. The third-order valence-electron chi connectivity index (χ3n) is 8.18. The zero-order chi connectivity index (χ0) is 30.3. The zero-order valence-corrected chi connectivity index (χ0v) is 24.0. The molecule has 0 bridgehead atoms. The second-order valence-electron chi connectivity index (χ2n) is 11.3. The van der Waals surface area contributed by atoms with Crippen LogP contribution in [0.5, 0.6) is 0 Å². The van der Waals surface area contributed by atoms with Crippen molar-refractivity contribution < 1.29 is 22.7 Å². The van der Waals surface area contributed by atoms with Crippen molar-refractivity contribution in [2.75, 3.05) is 44.7 Å². The number of ether oxygens (including phenoxy) is 1. The second kappa shape index (κ2) is 11.5. The normalized spacial score (nSPS) is 16.6. The van der Waals surface area contributed by atoms with E-state index in [9.17, 15) is 22.8 Å². The number of amides is 1. The van der Waals surface area contributed by atoms with E-state index < -0.39 is 11.7 Å². The largest absolute Gasteiger partial charge is 0.416 e. The average Bonchev–Trinajstić information content (AvgIpc) is 3.51. The summed E-state index contributed by atoms with van der Waals surface area (Å²) in [6.45, 7) is 8.71. The SMILES string of the molecule is Cc1ccc(C(F)(F)F)cc1C[C@H](C)Nc1cc[nH]c(=O)c1-c1nc2cc3c(cc2[nH]1)CN(CCN1CCOCC1)C3=O. The van der Waals surface area contributed by atoms with Gasteiger partial charge in [-0.2, -0.15) is 13.2 Å². The molecule has 0 aliphatic carbocycles. The van der Waals surface area contributed by atoms with Gasteiger partial charge in [-0.3, -0.25) is 14.5 Å². The highest BCUT2D eigenvalue weighted by molar-refractivity contribution is 6.02. The number of hydrogen-bond acceptors (Lipinski definition) is 6. The average molecular weight is 595 g/mol. The first-order valence-corrected chi connectivity index (χ1v) is 14.3. The highest BCUT2D eigenvalue weighted by atomic mass is 19.4. The molecule has 0 spiro atoms. The van der Waals surface area contributed by atoms with Gasteiger partial charge >= 0.3 is 6.18 Å². The Hall–Kier alpha value is -4.16. The number of hydrogen-bond donors (Lipinski definition) is 3. The van der Waals surface area contributed by atoms with Gasteiger partial charge in [-0.15, -0.1) is 0 Å². The van der Waals surface area contributed by atoms with Crippen molar-refractivity contribution in [1.82, 2.24) is 24.8 Å². The molecule has 3 N–H and O–H groups in total. The molecule has 0 saturated carbocycles. The van der Waals surface area contributed by atoms with Crippen LogP contribution in [-0.2, 0) is 23.9 Å². The van der Waals surface area contributed by atoms with Crippen molar-refractivity contribution in [3.8, 4) is 11.4 Å². The van der Waals surface area contributed by atoms with E-state index in [2.05, 4.69) is 25.2 Å². The summed E-state index contributed by atoms with van der Waals surface area (Å²) >= 11 is 0. The molecule has 4 heterocycles. The van der Waals surface area contributed by atoms with Crippen molar-refractivity contribution >= 4 is 22.6 Å². The van der Waals surface area contributed by atoms with Gasteiger partial charge in [0, 0.05) is 50.5 Å². The molecule has 1 atom stereocenters. The minimum Gasteiger partial charge on any atom is -0.381 e. The maximum absolute atomic E-state index is 13.3. The lowest BCUT2D eigenvalue weighted by atomic mass is 9.98. The summed E-state index contributed by atoms with van der Waals surface area (Å²) in [5.41, 5.74) is 3.84. The van der Waals surface area contributed by atoms with Gasteiger partial charge in [-0.1, -0.05) is 6.07 Å². The number of imidazole rings is 1. The first kappa shape index (κ1) is 28.9. The topological polar surface area (TPSA) is 106 Å². The molecular weight excluding hydrogens is 561 g/mol. The minimum absolute atomic E-state index is 0.0339. The number of halogens is 3. The molecule has 1 amide bonds. The number of aromatic amines is 2. The Morgan fingerprint density at radius 1 is 1.09 bits per heavy atom. The third-order valence-corrected chi connectivity index (χ3v) is 8.18. The smallest absolute Gasteiger partial charge is 0.381 e. The Balaban J connectivity index is 1.21. The molecule has 4 aromatic rings. The molecule has 2 aliphatic rings. The Morgan fingerprint density at radius 3 is 2.65 bits per heavy atom. The lowest BCUT2D eigenvalue weighted by Gasteiger charge is -2.28. The van der Waals surface area contributed by atoms with Crippen LogP contribution in [0.1, 0.15) is 39.5 Å². The standard InChI is InChI=1S/C31H33F3N6O3/c1-18-3-4-22(31(32,33)34)14-20(18)13-19(2)36-24-5-6-35-29(41)27(24)28-37-25-15-21-17-40(8-7-39-9-11-43-12-10-39)30(42)23(21)16-26(25)38-28/h3-6,14-16,19H,7-13,17H2,1-2H3,(H,37,38)(H2,35,36,41)/t19-/m0/s1. The maximum Gasteiger partial charge on any atom is 0.416 e. The van der Waals surface area contributed by atoms with E-state index in [1.807, 2.05) is 17.9 Å². The summed E-state index contributed by atoms with van der Waals surface area (Å²) in [6.07, 6.45) is -2.59. The number of H-pyrrole nitrogens is 2. The van der Waals surface area contributed by atoms with E-state index in [0.29, 0.717) is 66.4 Å². The number of benzene rings is 2. The number of rotatable bonds is 8. The zero-order valence-electron chi connectivity index (χ0n) is 24.0. The predicted octanol–water partition coefficient (Wildman–Crippen LogP) is 4.58.